The molecule has 0 fully saturated rings. The minimum Gasteiger partial charge on any atom is -0.383 e. The number of carbonyl (C=O) groups is 2. The summed E-state index contributed by atoms with van der Waals surface area (Å²) in [5.74, 6) is 0.161. The highest BCUT2D eigenvalue weighted by molar-refractivity contribution is 8.00. The van der Waals surface area contributed by atoms with Gasteiger partial charge in [-0.2, -0.15) is 0 Å². The summed E-state index contributed by atoms with van der Waals surface area (Å²) < 4.78 is 12.6. The van der Waals surface area contributed by atoms with E-state index in [-0.39, 0.29) is 18.4 Å². The third-order valence-electron chi connectivity index (χ3n) is 5.03. The van der Waals surface area contributed by atoms with Gasteiger partial charge in [0, 0.05) is 57.2 Å². The lowest BCUT2D eigenvalue weighted by Gasteiger charge is -2.28. The average molecular weight is 462 g/mol. The first-order valence-electron chi connectivity index (χ1n) is 11.0. The molecular formula is C24H35N3O4S. The molecule has 0 N–H and O–H groups in total. The Morgan fingerprint density at radius 3 is 2.44 bits per heavy atom. The Bertz CT molecular complexity index is 813. The summed E-state index contributed by atoms with van der Waals surface area (Å²) in [6.45, 7) is 5.08. The van der Waals surface area contributed by atoms with E-state index < -0.39 is 0 Å². The first-order chi connectivity index (χ1) is 15.5. The summed E-state index contributed by atoms with van der Waals surface area (Å²) in [5, 5.41) is 0. The Hall–Kier alpha value is -2.29. The molecule has 2 amide bonds. The van der Waals surface area contributed by atoms with Crippen molar-refractivity contribution in [1.29, 1.82) is 0 Å². The molecule has 0 atom stereocenters. The first kappa shape index (κ1) is 26.0. The van der Waals surface area contributed by atoms with Gasteiger partial charge in [0.15, 0.2) is 0 Å². The molecule has 176 valence electrons. The number of hydrogen-bond acceptors (Lipinski definition) is 5. The second-order valence-corrected chi connectivity index (χ2v) is 8.43. The van der Waals surface area contributed by atoms with Crippen LogP contribution in [0.5, 0.6) is 0 Å². The summed E-state index contributed by atoms with van der Waals surface area (Å²) in [4.78, 5) is 30.6. The molecule has 1 aromatic heterocycles. The highest BCUT2D eigenvalue weighted by Crippen LogP contribution is 2.17. The van der Waals surface area contributed by atoms with E-state index in [0.29, 0.717) is 51.6 Å². The molecule has 2 rings (SSSR count). The van der Waals surface area contributed by atoms with Gasteiger partial charge in [-0.25, -0.2) is 0 Å². The van der Waals surface area contributed by atoms with E-state index in [1.807, 2.05) is 67.2 Å². The zero-order valence-electron chi connectivity index (χ0n) is 19.4. The van der Waals surface area contributed by atoms with E-state index in [1.54, 1.807) is 16.9 Å². The standard InChI is InChI=1S/C24H35N3O4S/c1-4-31-16-9-14-26(24(29)20-32-22-11-6-5-7-12-22)19-23(28)27(15-17-30-3)18-21-10-8-13-25(21)2/h5-8,10-13H,4,9,14-20H2,1-3H3. The molecule has 0 aliphatic carbocycles. The molecule has 0 aliphatic rings. The van der Waals surface area contributed by atoms with Gasteiger partial charge in [-0.3, -0.25) is 9.59 Å². The predicted molar refractivity (Wildman–Crippen MR) is 128 cm³/mol. The van der Waals surface area contributed by atoms with Crippen molar-refractivity contribution in [1.82, 2.24) is 14.4 Å². The SMILES string of the molecule is CCOCCCN(CC(=O)N(CCOC)Cc1cccn1C)C(=O)CSc1ccccc1. The number of aromatic nitrogens is 1. The molecule has 0 bridgehead atoms. The smallest absolute Gasteiger partial charge is 0.242 e. The van der Waals surface area contributed by atoms with Gasteiger partial charge in [0.1, 0.15) is 0 Å². The number of rotatable bonds is 15. The molecule has 1 heterocycles. The Labute approximate surface area is 195 Å². The van der Waals surface area contributed by atoms with Crippen LogP contribution in [0.1, 0.15) is 19.0 Å². The van der Waals surface area contributed by atoms with Crippen LogP contribution < -0.4 is 0 Å². The van der Waals surface area contributed by atoms with Crippen LogP contribution in [0.4, 0.5) is 0 Å². The number of ether oxygens (including phenoxy) is 2. The van der Waals surface area contributed by atoms with Crippen molar-refractivity contribution in [2.75, 3.05) is 52.3 Å². The van der Waals surface area contributed by atoms with Crippen LogP contribution in [0, 0.1) is 0 Å². The van der Waals surface area contributed by atoms with Crippen molar-refractivity contribution in [2.45, 2.75) is 24.8 Å². The minimum atomic E-state index is -0.0854. The quantitative estimate of drug-likeness (QED) is 0.301. The molecule has 1 aromatic carbocycles. The topological polar surface area (TPSA) is 64.0 Å². The number of aryl methyl sites for hydroxylation is 1. The summed E-state index contributed by atoms with van der Waals surface area (Å²) in [6, 6.07) is 13.8. The van der Waals surface area contributed by atoms with Crippen molar-refractivity contribution in [2.24, 2.45) is 7.05 Å². The zero-order valence-corrected chi connectivity index (χ0v) is 20.2. The van der Waals surface area contributed by atoms with E-state index in [2.05, 4.69) is 0 Å². The van der Waals surface area contributed by atoms with E-state index in [4.69, 9.17) is 9.47 Å². The Morgan fingerprint density at radius 1 is 1.00 bits per heavy atom. The van der Waals surface area contributed by atoms with Crippen molar-refractivity contribution in [3.05, 3.63) is 54.4 Å². The van der Waals surface area contributed by atoms with Gasteiger partial charge in [-0.05, 0) is 37.6 Å². The van der Waals surface area contributed by atoms with Gasteiger partial charge in [0.2, 0.25) is 11.8 Å². The molecule has 0 saturated heterocycles. The molecular weight excluding hydrogens is 426 g/mol. The van der Waals surface area contributed by atoms with Crippen molar-refractivity contribution in [3.63, 3.8) is 0 Å². The van der Waals surface area contributed by atoms with Gasteiger partial charge in [-0.1, -0.05) is 18.2 Å². The second-order valence-electron chi connectivity index (χ2n) is 7.39. The molecule has 0 unspecified atom stereocenters. The van der Waals surface area contributed by atoms with Gasteiger partial charge in [-0.15, -0.1) is 11.8 Å². The third-order valence-corrected chi connectivity index (χ3v) is 6.02. The lowest BCUT2D eigenvalue weighted by atomic mass is 10.3. The highest BCUT2D eigenvalue weighted by atomic mass is 32.2. The minimum absolute atomic E-state index is 0.0470. The van der Waals surface area contributed by atoms with Crippen molar-refractivity contribution < 1.29 is 19.1 Å². The van der Waals surface area contributed by atoms with E-state index in [0.717, 1.165) is 10.6 Å². The van der Waals surface area contributed by atoms with E-state index in [1.165, 1.54) is 11.8 Å². The number of hydrogen-bond donors (Lipinski definition) is 0. The monoisotopic (exact) mass is 461 g/mol. The average Bonchev–Trinajstić information content (AvgIpc) is 3.21. The molecule has 0 radical (unpaired) electrons. The molecule has 0 spiro atoms. The van der Waals surface area contributed by atoms with Gasteiger partial charge in [0.25, 0.3) is 0 Å². The highest BCUT2D eigenvalue weighted by Gasteiger charge is 2.22. The lowest BCUT2D eigenvalue weighted by Crippen LogP contribution is -2.45. The van der Waals surface area contributed by atoms with Gasteiger partial charge < -0.3 is 23.8 Å². The number of thioether (sulfide) groups is 1. The summed E-state index contributed by atoms with van der Waals surface area (Å²) in [6.07, 6.45) is 2.65. The number of carbonyl (C=O) groups excluding carboxylic acids is 2. The van der Waals surface area contributed by atoms with Crippen LogP contribution in [0.3, 0.4) is 0 Å². The summed E-state index contributed by atoms with van der Waals surface area (Å²) in [7, 11) is 3.58. The van der Waals surface area contributed by atoms with Crippen LogP contribution in [0.2, 0.25) is 0 Å². The van der Waals surface area contributed by atoms with Crippen LogP contribution >= 0.6 is 11.8 Å². The third kappa shape index (κ3) is 9.06. The molecule has 7 nitrogen and oxygen atoms in total. The van der Waals surface area contributed by atoms with Crippen LogP contribution in [-0.2, 0) is 32.7 Å². The Kier molecular flexibility index (Phi) is 11.9. The fourth-order valence-corrected chi connectivity index (χ4v) is 3.98. The fraction of sp³-hybridized carbons (Fsp3) is 0.500. The largest absolute Gasteiger partial charge is 0.383 e. The van der Waals surface area contributed by atoms with Gasteiger partial charge in [0.05, 0.1) is 25.4 Å². The second kappa shape index (κ2) is 14.7. The van der Waals surface area contributed by atoms with Crippen LogP contribution in [0.25, 0.3) is 0 Å². The number of nitrogens with zero attached hydrogens (tertiary/aromatic N) is 3. The van der Waals surface area contributed by atoms with E-state index >= 15 is 0 Å². The maximum absolute atomic E-state index is 13.2. The van der Waals surface area contributed by atoms with Gasteiger partial charge >= 0.3 is 0 Å². The molecule has 2 aromatic rings. The maximum Gasteiger partial charge on any atom is 0.242 e. The molecule has 0 aliphatic heterocycles. The summed E-state index contributed by atoms with van der Waals surface area (Å²) >= 11 is 1.48. The predicted octanol–water partition coefficient (Wildman–Crippen LogP) is 3.05. The summed E-state index contributed by atoms with van der Waals surface area (Å²) in [5.41, 5.74) is 1.03. The first-order valence-corrected chi connectivity index (χ1v) is 11.9. The van der Waals surface area contributed by atoms with Crippen molar-refractivity contribution in [3.8, 4) is 0 Å². The number of methoxy groups -OCH3 is 1. The fourth-order valence-electron chi connectivity index (χ4n) is 3.16. The number of amides is 2. The van der Waals surface area contributed by atoms with E-state index in [9.17, 15) is 9.59 Å². The normalized spacial score (nSPS) is 10.8. The van der Waals surface area contributed by atoms with Crippen LogP contribution in [0.15, 0.2) is 53.6 Å². The Balaban J connectivity index is 2.03. The Morgan fingerprint density at radius 2 is 1.78 bits per heavy atom. The maximum atomic E-state index is 13.2. The van der Waals surface area contributed by atoms with Crippen LogP contribution in [-0.4, -0.2) is 78.5 Å². The molecule has 8 heteroatoms. The molecule has 0 saturated carbocycles. The number of benzene rings is 1. The zero-order chi connectivity index (χ0) is 23.2. The lowest BCUT2D eigenvalue weighted by molar-refractivity contribution is -0.140. The molecule has 32 heavy (non-hydrogen) atoms. The van der Waals surface area contributed by atoms with Crippen molar-refractivity contribution >= 4 is 23.6 Å².